The molecule has 0 unspecified atom stereocenters. The second-order valence-electron chi connectivity index (χ2n) is 6.64. The molecule has 0 radical (unpaired) electrons. The van der Waals surface area contributed by atoms with Gasteiger partial charge in [-0.3, -0.25) is 4.79 Å². The fraction of sp³-hybridized carbons (Fsp3) is 0.333. The number of carbonyl (C=O) groups is 2. The molecule has 0 aromatic heterocycles. The molecule has 3 rings (SSSR count). The van der Waals surface area contributed by atoms with Crippen molar-refractivity contribution in [3.05, 3.63) is 60.2 Å². The first-order chi connectivity index (χ1) is 13.1. The zero-order valence-corrected chi connectivity index (χ0v) is 15.5. The van der Waals surface area contributed by atoms with Crippen LogP contribution in [0.5, 0.6) is 0 Å². The van der Waals surface area contributed by atoms with Crippen molar-refractivity contribution >= 4 is 23.3 Å². The fourth-order valence-corrected chi connectivity index (χ4v) is 3.44. The Morgan fingerprint density at radius 2 is 1.59 bits per heavy atom. The van der Waals surface area contributed by atoms with Crippen molar-refractivity contribution in [2.75, 3.05) is 36.0 Å². The molecule has 0 bridgehead atoms. The summed E-state index contributed by atoms with van der Waals surface area (Å²) in [7, 11) is 0. The van der Waals surface area contributed by atoms with Gasteiger partial charge in [-0.2, -0.15) is 0 Å². The standard InChI is InChI=1S/C21H25N3O3/c1-2-23-12-13-24(19-11-7-6-10-18(19)23)15-20(25)22-17(21(26)27)14-16-8-4-3-5-9-16/h3-11,17H,2,12-15H2,1H3,(H,22,25)(H,26,27)/t17-/m1/s1. The van der Waals surface area contributed by atoms with Crippen LogP contribution in [0.3, 0.4) is 0 Å². The SMILES string of the molecule is CCN1CCN(CC(=O)N[C@H](Cc2ccccc2)C(=O)O)c2ccccc21. The minimum Gasteiger partial charge on any atom is -0.480 e. The highest BCUT2D eigenvalue weighted by Gasteiger charge is 2.25. The van der Waals surface area contributed by atoms with E-state index in [-0.39, 0.29) is 18.9 Å². The maximum Gasteiger partial charge on any atom is 0.326 e. The van der Waals surface area contributed by atoms with Gasteiger partial charge in [0.1, 0.15) is 6.04 Å². The Labute approximate surface area is 159 Å². The molecule has 0 saturated carbocycles. The zero-order valence-electron chi connectivity index (χ0n) is 15.5. The zero-order chi connectivity index (χ0) is 19.2. The number of likely N-dealkylation sites (N-methyl/N-ethyl adjacent to an activating group) is 1. The number of benzene rings is 2. The third kappa shape index (κ3) is 4.58. The number of para-hydroxylation sites is 2. The number of fused-ring (bicyclic) bond motifs is 1. The number of aliphatic carboxylic acids is 1. The van der Waals surface area contributed by atoms with E-state index in [2.05, 4.69) is 23.2 Å². The first-order valence-electron chi connectivity index (χ1n) is 9.23. The molecule has 1 atom stereocenters. The predicted octanol–water partition coefficient (Wildman–Crippen LogP) is 2.15. The molecule has 6 nitrogen and oxygen atoms in total. The quantitative estimate of drug-likeness (QED) is 0.784. The Kier molecular flexibility index (Phi) is 5.96. The van der Waals surface area contributed by atoms with E-state index in [0.29, 0.717) is 0 Å². The van der Waals surface area contributed by atoms with Crippen molar-refractivity contribution in [2.45, 2.75) is 19.4 Å². The minimum atomic E-state index is -1.02. The molecule has 2 aromatic rings. The van der Waals surface area contributed by atoms with Crippen molar-refractivity contribution in [2.24, 2.45) is 0 Å². The molecule has 142 valence electrons. The molecule has 1 aliphatic heterocycles. The molecule has 2 aromatic carbocycles. The Morgan fingerprint density at radius 3 is 2.22 bits per heavy atom. The Bertz CT molecular complexity index is 794. The monoisotopic (exact) mass is 367 g/mol. The van der Waals surface area contributed by atoms with Crippen LogP contribution in [0.25, 0.3) is 0 Å². The number of anilines is 2. The lowest BCUT2D eigenvalue weighted by Gasteiger charge is -2.38. The number of nitrogens with one attached hydrogen (secondary N) is 1. The van der Waals surface area contributed by atoms with Crippen LogP contribution in [0.4, 0.5) is 11.4 Å². The lowest BCUT2D eigenvalue weighted by Crippen LogP contribution is -2.49. The number of nitrogens with zero attached hydrogens (tertiary/aromatic N) is 2. The van der Waals surface area contributed by atoms with Crippen molar-refractivity contribution in [3.63, 3.8) is 0 Å². The largest absolute Gasteiger partial charge is 0.480 e. The van der Waals surface area contributed by atoms with Crippen LogP contribution in [0.15, 0.2) is 54.6 Å². The van der Waals surface area contributed by atoms with Crippen LogP contribution < -0.4 is 15.1 Å². The highest BCUT2D eigenvalue weighted by Crippen LogP contribution is 2.32. The number of carboxylic acids is 1. The van der Waals surface area contributed by atoms with Gasteiger partial charge >= 0.3 is 5.97 Å². The number of carbonyl (C=O) groups excluding carboxylic acids is 1. The summed E-state index contributed by atoms with van der Waals surface area (Å²) in [6.07, 6.45) is 0.266. The highest BCUT2D eigenvalue weighted by atomic mass is 16.4. The van der Waals surface area contributed by atoms with Gasteiger partial charge in [0, 0.05) is 26.1 Å². The van der Waals surface area contributed by atoms with Crippen LogP contribution in [-0.4, -0.2) is 49.2 Å². The number of hydrogen-bond donors (Lipinski definition) is 2. The molecule has 0 saturated heterocycles. The van der Waals surface area contributed by atoms with Crippen LogP contribution in [-0.2, 0) is 16.0 Å². The van der Waals surface area contributed by atoms with Gasteiger partial charge in [0.15, 0.2) is 0 Å². The molecule has 0 spiro atoms. The molecule has 6 heteroatoms. The van der Waals surface area contributed by atoms with Gasteiger partial charge in [0.2, 0.25) is 5.91 Å². The molecular weight excluding hydrogens is 342 g/mol. The second kappa shape index (κ2) is 8.58. The van der Waals surface area contributed by atoms with Gasteiger partial charge in [-0.1, -0.05) is 42.5 Å². The third-order valence-electron chi connectivity index (χ3n) is 4.84. The topological polar surface area (TPSA) is 72.9 Å². The smallest absolute Gasteiger partial charge is 0.326 e. The number of rotatable bonds is 7. The average Bonchev–Trinajstić information content (AvgIpc) is 2.68. The Hall–Kier alpha value is -3.02. The Balaban J connectivity index is 1.66. The van der Waals surface area contributed by atoms with E-state index in [1.165, 1.54) is 0 Å². The maximum atomic E-state index is 12.5. The third-order valence-corrected chi connectivity index (χ3v) is 4.84. The van der Waals surface area contributed by atoms with E-state index < -0.39 is 12.0 Å². The molecule has 1 amide bonds. The van der Waals surface area contributed by atoms with Crippen molar-refractivity contribution < 1.29 is 14.7 Å². The van der Waals surface area contributed by atoms with Gasteiger partial charge < -0.3 is 20.2 Å². The minimum absolute atomic E-state index is 0.146. The Morgan fingerprint density at radius 1 is 1.00 bits per heavy atom. The second-order valence-corrected chi connectivity index (χ2v) is 6.64. The summed E-state index contributed by atoms with van der Waals surface area (Å²) in [6, 6.07) is 16.4. The number of amides is 1. The van der Waals surface area contributed by atoms with Gasteiger partial charge in [-0.25, -0.2) is 4.79 Å². The van der Waals surface area contributed by atoms with Crippen molar-refractivity contribution in [1.82, 2.24) is 5.32 Å². The van der Waals surface area contributed by atoms with Gasteiger partial charge in [0.25, 0.3) is 0 Å². The summed E-state index contributed by atoms with van der Waals surface area (Å²) in [5.74, 6) is -1.30. The van der Waals surface area contributed by atoms with Crippen LogP contribution in [0.2, 0.25) is 0 Å². The summed E-state index contributed by atoms with van der Waals surface area (Å²) in [4.78, 5) is 28.4. The fourth-order valence-electron chi connectivity index (χ4n) is 3.44. The van der Waals surface area contributed by atoms with Crippen molar-refractivity contribution in [3.8, 4) is 0 Å². The molecule has 27 heavy (non-hydrogen) atoms. The normalized spacial score (nSPS) is 14.4. The average molecular weight is 367 g/mol. The summed E-state index contributed by atoms with van der Waals surface area (Å²) < 4.78 is 0. The number of hydrogen-bond acceptors (Lipinski definition) is 4. The van der Waals surface area contributed by atoms with E-state index in [4.69, 9.17) is 0 Å². The van der Waals surface area contributed by atoms with Gasteiger partial charge in [-0.15, -0.1) is 0 Å². The van der Waals surface area contributed by atoms with Gasteiger partial charge in [-0.05, 0) is 24.6 Å². The molecule has 0 aliphatic carbocycles. The summed E-state index contributed by atoms with van der Waals surface area (Å²) in [6.45, 7) is 4.74. The lowest BCUT2D eigenvalue weighted by molar-refractivity contribution is -0.141. The molecular formula is C21H25N3O3. The summed E-state index contributed by atoms with van der Waals surface area (Å²) in [5.41, 5.74) is 3.00. The van der Waals surface area contributed by atoms with E-state index >= 15 is 0 Å². The van der Waals surface area contributed by atoms with E-state index in [9.17, 15) is 14.7 Å². The van der Waals surface area contributed by atoms with Gasteiger partial charge in [0.05, 0.1) is 17.9 Å². The van der Waals surface area contributed by atoms with E-state index in [1.54, 1.807) is 0 Å². The number of carboxylic acid groups (broad SMARTS) is 1. The lowest BCUT2D eigenvalue weighted by atomic mass is 10.1. The molecule has 2 N–H and O–H groups in total. The first-order valence-corrected chi connectivity index (χ1v) is 9.23. The van der Waals surface area contributed by atoms with Crippen LogP contribution in [0, 0.1) is 0 Å². The maximum absolute atomic E-state index is 12.5. The van der Waals surface area contributed by atoms with Crippen molar-refractivity contribution in [1.29, 1.82) is 0 Å². The summed E-state index contributed by atoms with van der Waals surface area (Å²) in [5, 5.41) is 12.2. The van der Waals surface area contributed by atoms with Crippen LogP contribution in [0.1, 0.15) is 12.5 Å². The molecule has 1 heterocycles. The molecule has 1 aliphatic rings. The molecule has 0 fully saturated rings. The van der Waals surface area contributed by atoms with E-state index in [1.807, 2.05) is 53.4 Å². The first kappa shape index (κ1) is 18.8. The highest BCUT2D eigenvalue weighted by molar-refractivity contribution is 5.88. The summed E-state index contributed by atoms with van der Waals surface area (Å²) >= 11 is 0. The predicted molar refractivity (Wildman–Crippen MR) is 106 cm³/mol. The van der Waals surface area contributed by atoms with Crippen LogP contribution >= 0.6 is 0 Å². The van der Waals surface area contributed by atoms with E-state index in [0.717, 1.165) is 36.6 Å².